The molecule has 1 heterocycles. The summed E-state index contributed by atoms with van der Waals surface area (Å²) in [7, 11) is 0. The first-order valence-electron chi connectivity index (χ1n) is 1.40. The molecule has 30 valence electrons. The Morgan fingerprint density at radius 1 is 2.00 bits per heavy atom. The fourth-order valence-electron chi connectivity index (χ4n) is 0.107. The van der Waals surface area contributed by atoms with E-state index in [1.54, 1.807) is 0 Å². The number of rotatable bonds is 0. The Labute approximate surface area is 38.5 Å². The van der Waals surface area contributed by atoms with Crippen molar-refractivity contribution in [2.24, 2.45) is 0 Å². The first-order chi connectivity index (χ1) is 2.30. The minimum Gasteiger partial charge on any atom is -0.313 e. The van der Waals surface area contributed by atoms with Crippen molar-refractivity contribution in [3.05, 3.63) is 0 Å². The van der Waals surface area contributed by atoms with Crippen LogP contribution in [0.2, 0.25) is 0 Å². The highest BCUT2D eigenvalue weighted by Gasteiger charge is 2.28. The Morgan fingerprint density at radius 3 is 2.20 bits per heavy atom. The van der Waals surface area contributed by atoms with E-state index in [0.717, 1.165) is 6.54 Å². The van der Waals surface area contributed by atoms with Crippen LogP contribution in [0.5, 0.6) is 0 Å². The summed E-state index contributed by atoms with van der Waals surface area (Å²) < 4.78 is 0. The van der Waals surface area contributed by atoms with Crippen LogP contribution >= 0.6 is 15.9 Å². The lowest BCUT2D eigenvalue weighted by atomic mass is 11.0. The van der Waals surface area contributed by atoms with Gasteiger partial charge in [-0.3, -0.25) is 0 Å². The maximum Gasteiger partial charge on any atom is 0.105 e. The molecule has 2 unspecified atom stereocenters. The lowest BCUT2D eigenvalue weighted by Gasteiger charge is -1.73. The predicted octanol–water partition coefficient (Wildman–Crippen LogP) is 0.412. The molecule has 1 N–H and O–H groups in total. The summed E-state index contributed by atoms with van der Waals surface area (Å²) in [6, 6.07) is 0. The van der Waals surface area contributed by atoms with Crippen LogP contribution in [0.3, 0.4) is 0 Å². The number of hydrogen-bond acceptors (Lipinski definition) is 2. The van der Waals surface area contributed by atoms with Gasteiger partial charge in [-0.15, -0.1) is 0 Å². The first-order valence-corrected chi connectivity index (χ1v) is 2.32. The van der Waals surface area contributed by atoms with Crippen molar-refractivity contribution < 1.29 is 5.21 Å². The van der Waals surface area contributed by atoms with E-state index in [9.17, 15) is 0 Å². The van der Waals surface area contributed by atoms with Crippen LogP contribution in [0.4, 0.5) is 0 Å². The molecule has 0 saturated carbocycles. The van der Waals surface area contributed by atoms with Crippen LogP contribution in [0, 0.1) is 0 Å². The number of hydrogen-bond donors (Lipinski definition) is 1. The molecule has 0 aliphatic carbocycles. The Morgan fingerprint density at radius 2 is 2.20 bits per heavy atom. The average molecular weight is 138 g/mol. The van der Waals surface area contributed by atoms with Crippen molar-refractivity contribution >= 4 is 15.9 Å². The number of alkyl halides is 1. The highest BCUT2D eigenvalue weighted by Crippen LogP contribution is 2.18. The van der Waals surface area contributed by atoms with E-state index in [4.69, 9.17) is 5.21 Å². The normalized spacial score (nSPS) is 49.2. The molecule has 1 fully saturated rings. The lowest BCUT2D eigenvalue weighted by molar-refractivity contribution is 0.0311. The van der Waals surface area contributed by atoms with E-state index in [1.807, 2.05) is 0 Å². The summed E-state index contributed by atoms with van der Waals surface area (Å²) in [4.78, 5) is 0.252. The summed E-state index contributed by atoms with van der Waals surface area (Å²) in [5.41, 5.74) is 0. The fraction of sp³-hybridized carbons (Fsp3) is 1.00. The molecule has 1 aliphatic heterocycles. The Kier molecular flexibility index (Phi) is 0.666. The monoisotopic (exact) mass is 137 g/mol. The Bertz CT molecular complexity index is 42.9. The molecule has 3 heteroatoms. The third-order valence-corrected chi connectivity index (χ3v) is 1.29. The van der Waals surface area contributed by atoms with Crippen molar-refractivity contribution in [1.29, 1.82) is 0 Å². The van der Waals surface area contributed by atoms with Gasteiger partial charge < -0.3 is 5.21 Å². The molecule has 0 bridgehead atoms. The van der Waals surface area contributed by atoms with Gasteiger partial charge in [0.15, 0.2) is 0 Å². The van der Waals surface area contributed by atoms with Crippen molar-refractivity contribution in [3.8, 4) is 0 Å². The SMILES string of the molecule is ON1CC1Br. The molecule has 0 aromatic heterocycles. The minimum absolute atomic E-state index is 0.252. The van der Waals surface area contributed by atoms with Gasteiger partial charge in [-0.2, -0.15) is 5.06 Å². The third kappa shape index (κ3) is 0.619. The topological polar surface area (TPSA) is 23.2 Å². The van der Waals surface area contributed by atoms with Crippen LogP contribution in [-0.2, 0) is 0 Å². The largest absolute Gasteiger partial charge is 0.313 e. The molecule has 5 heavy (non-hydrogen) atoms. The van der Waals surface area contributed by atoms with Crippen molar-refractivity contribution in [2.75, 3.05) is 6.54 Å². The molecule has 2 nitrogen and oxygen atoms in total. The number of nitrogens with zero attached hydrogens (tertiary/aromatic N) is 1. The van der Waals surface area contributed by atoms with Crippen molar-refractivity contribution in [1.82, 2.24) is 5.06 Å². The Balaban J connectivity index is 2.20. The molecule has 0 spiro atoms. The van der Waals surface area contributed by atoms with Gasteiger partial charge in [-0.1, -0.05) is 15.9 Å². The van der Waals surface area contributed by atoms with Gasteiger partial charge in [-0.25, -0.2) is 0 Å². The van der Waals surface area contributed by atoms with Gasteiger partial charge in [0.05, 0.1) is 6.54 Å². The summed E-state index contributed by atoms with van der Waals surface area (Å²) in [5.74, 6) is 0. The fourth-order valence-corrected chi connectivity index (χ4v) is 0.404. The highest BCUT2D eigenvalue weighted by molar-refractivity contribution is 9.09. The van der Waals surface area contributed by atoms with Crippen LogP contribution in [0.15, 0.2) is 0 Å². The smallest absolute Gasteiger partial charge is 0.105 e. The van der Waals surface area contributed by atoms with E-state index >= 15 is 0 Å². The van der Waals surface area contributed by atoms with E-state index in [1.165, 1.54) is 5.06 Å². The average Bonchev–Trinajstić information content (AvgIpc) is 1.79. The van der Waals surface area contributed by atoms with Crippen LogP contribution in [-0.4, -0.2) is 21.8 Å². The molecular weight excluding hydrogens is 134 g/mol. The molecular formula is C2H4BrNO. The summed E-state index contributed by atoms with van der Waals surface area (Å²) in [6.07, 6.45) is 0. The standard InChI is InChI=1S/C2H4BrNO/c3-2-1-4(2)5/h2,5H,1H2. The second kappa shape index (κ2) is 0.929. The van der Waals surface area contributed by atoms with Crippen LogP contribution < -0.4 is 0 Å². The summed E-state index contributed by atoms with van der Waals surface area (Å²) in [6.45, 7) is 0.778. The quantitative estimate of drug-likeness (QED) is 0.297. The molecule has 0 radical (unpaired) electrons. The second-order valence-corrected chi connectivity index (χ2v) is 2.11. The van der Waals surface area contributed by atoms with Gasteiger partial charge >= 0.3 is 0 Å². The number of halogens is 1. The summed E-state index contributed by atoms with van der Waals surface area (Å²) in [5, 5.41) is 9.43. The molecule has 0 aromatic carbocycles. The van der Waals surface area contributed by atoms with Gasteiger partial charge in [-0.05, 0) is 0 Å². The Hall–Kier alpha value is 0.400. The molecule has 2 atom stereocenters. The summed E-state index contributed by atoms with van der Waals surface area (Å²) >= 11 is 3.12. The first kappa shape index (κ1) is 3.59. The zero-order chi connectivity index (χ0) is 3.86. The van der Waals surface area contributed by atoms with Gasteiger partial charge in [0.25, 0.3) is 0 Å². The van der Waals surface area contributed by atoms with Crippen LogP contribution in [0.1, 0.15) is 0 Å². The predicted molar refractivity (Wildman–Crippen MR) is 21.2 cm³/mol. The van der Waals surface area contributed by atoms with Gasteiger partial charge in [0.1, 0.15) is 4.95 Å². The molecule has 1 aliphatic rings. The second-order valence-electron chi connectivity index (χ2n) is 1.06. The van der Waals surface area contributed by atoms with Gasteiger partial charge in [0, 0.05) is 0 Å². The maximum atomic E-state index is 8.22. The highest BCUT2D eigenvalue weighted by atomic mass is 79.9. The third-order valence-electron chi connectivity index (χ3n) is 0.528. The maximum absolute atomic E-state index is 8.22. The minimum atomic E-state index is 0.252. The molecule has 1 saturated heterocycles. The van der Waals surface area contributed by atoms with Gasteiger partial charge in [0.2, 0.25) is 0 Å². The zero-order valence-electron chi connectivity index (χ0n) is 2.56. The van der Waals surface area contributed by atoms with E-state index in [-0.39, 0.29) is 4.95 Å². The van der Waals surface area contributed by atoms with E-state index in [0.29, 0.717) is 0 Å². The van der Waals surface area contributed by atoms with Crippen molar-refractivity contribution in [2.45, 2.75) is 4.95 Å². The lowest BCUT2D eigenvalue weighted by Crippen LogP contribution is -1.82. The molecule has 0 amide bonds. The van der Waals surface area contributed by atoms with E-state index in [2.05, 4.69) is 15.9 Å². The zero-order valence-corrected chi connectivity index (χ0v) is 4.14. The number of hydroxylamine groups is 2. The molecule has 1 rings (SSSR count). The van der Waals surface area contributed by atoms with E-state index < -0.39 is 0 Å². The van der Waals surface area contributed by atoms with Crippen LogP contribution in [0.25, 0.3) is 0 Å². The molecule has 0 aromatic rings. The van der Waals surface area contributed by atoms with Crippen molar-refractivity contribution in [3.63, 3.8) is 0 Å².